The lowest BCUT2D eigenvalue weighted by Gasteiger charge is -2.28. The van der Waals surface area contributed by atoms with Crippen molar-refractivity contribution >= 4 is 40.4 Å². The van der Waals surface area contributed by atoms with Crippen molar-refractivity contribution in [3.63, 3.8) is 0 Å². The largest absolute Gasteiger partial charge is 0.372 e. The molecule has 1 saturated heterocycles. The van der Waals surface area contributed by atoms with Gasteiger partial charge < -0.3 is 15.5 Å². The molecular weight excluding hydrogens is 392 g/mol. The maximum absolute atomic E-state index is 12.8. The van der Waals surface area contributed by atoms with Gasteiger partial charge in [0.2, 0.25) is 5.91 Å². The number of carbonyl (C=O) groups excluding carboxylic acids is 3. The number of nitrogens with zero attached hydrogens (tertiary/aromatic N) is 2. The number of likely N-dealkylation sites (N-methyl/N-ethyl adjacent to an activating group) is 1. The molecule has 0 atom stereocenters. The molecule has 2 aliphatic rings. The van der Waals surface area contributed by atoms with Gasteiger partial charge in [-0.2, -0.15) is 0 Å². The second-order valence-electron chi connectivity index (χ2n) is 7.90. The first-order valence-electron chi connectivity index (χ1n) is 10.5. The Morgan fingerprint density at radius 2 is 1.45 bits per heavy atom. The molecule has 2 heterocycles. The van der Waals surface area contributed by atoms with Crippen LogP contribution >= 0.6 is 0 Å². The molecule has 2 aromatic rings. The smallest absolute Gasteiger partial charge is 0.277 e. The molecule has 0 bridgehead atoms. The Morgan fingerprint density at radius 1 is 0.839 bits per heavy atom. The summed E-state index contributed by atoms with van der Waals surface area (Å²) in [6, 6.07) is 14.8. The van der Waals surface area contributed by atoms with Gasteiger partial charge in [-0.05, 0) is 61.2 Å². The van der Waals surface area contributed by atoms with E-state index in [0.29, 0.717) is 16.8 Å². The van der Waals surface area contributed by atoms with E-state index < -0.39 is 0 Å². The Morgan fingerprint density at radius 3 is 2.06 bits per heavy atom. The van der Waals surface area contributed by atoms with Crippen LogP contribution in [0.5, 0.6) is 0 Å². The molecule has 0 unspecified atom stereocenters. The van der Waals surface area contributed by atoms with Crippen molar-refractivity contribution in [3.8, 4) is 0 Å². The zero-order chi connectivity index (χ0) is 22.0. The highest BCUT2D eigenvalue weighted by Gasteiger charge is 2.36. The van der Waals surface area contributed by atoms with Crippen LogP contribution in [0.2, 0.25) is 0 Å². The minimum atomic E-state index is -0.369. The average Bonchev–Trinajstić information content (AvgIpc) is 2.99. The van der Waals surface area contributed by atoms with Crippen molar-refractivity contribution in [2.75, 3.05) is 35.7 Å². The van der Waals surface area contributed by atoms with Crippen LogP contribution in [0.25, 0.3) is 5.57 Å². The van der Waals surface area contributed by atoms with E-state index in [1.165, 1.54) is 38.9 Å². The highest BCUT2D eigenvalue weighted by Crippen LogP contribution is 2.31. The molecule has 0 spiro atoms. The number of hydrogen-bond acceptors (Lipinski definition) is 5. The van der Waals surface area contributed by atoms with E-state index in [-0.39, 0.29) is 23.4 Å². The quantitative estimate of drug-likeness (QED) is 0.727. The van der Waals surface area contributed by atoms with Crippen molar-refractivity contribution in [2.24, 2.45) is 0 Å². The molecule has 7 nitrogen and oxygen atoms in total. The normalized spacial score (nSPS) is 16.7. The first kappa shape index (κ1) is 20.7. The number of imide groups is 1. The summed E-state index contributed by atoms with van der Waals surface area (Å²) >= 11 is 0. The zero-order valence-corrected chi connectivity index (χ0v) is 17.8. The molecule has 3 amide bonds. The van der Waals surface area contributed by atoms with Crippen LogP contribution in [0, 0.1) is 0 Å². The van der Waals surface area contributed by atoms with Crippen molar-refractivity contribution in [3.05, 3.63) is 59.8 Å². The van der Waals surface area contributed by atoms with Crippen molar-refractivity contribution in [1.82, 2.24) is 4.90 Å². The number of anilines is 3. The van der Waals surface area contributed by atoms with Gasteiger partial charge in [0.25, 0.3) is 11.8 Å². The summed E-state index contributed by atoms with van der Waals surface area (Å²) in [5.41, 5.74) is 3.74. The van der Waals surface area contributed by atoms with E-state index in [1.807, 2.05) is 24.3 Å². The second-order valence-corrected chi connectivity index (χ2v) is 7.90. The summed E-state index contributed by atoms with van der Waals surface area (Å²) in [4.78, 5) is 40.2. The topological polar surface area (TPSA) is 81.8 Å². The third-order valence-corrected chi connectivity index (χ3v) is 5.64. The van der Waals surface area contributed by atoms with Crippen LogP contribution in [0.3, 0.4) is 0 Å². The fourth-order valence-electron chi connectivity index (χ4n) is 4.00. The predicted molar refractivity (Wildman–Crippen MR) is 122 cm³/mol. The van der Waals surface area contributed by atoms with E-state index in [1.54, 1.807) is 24.3 Å². The molecule has 2 aliphatic heterocycles. The molecule has 160 valence electrons. The highest BCUT2D eigenvalue weighted by molar-refractivity contribution is 6.36. The maximum Gasteiger partial charge on any atom is 0.277 e. The minimum Gasteiger partial charge on any atom is -0.372 e. The van der Waals surface area contributed by atoms with Crippen LogP contribution in [0.15, 0.2) is 54.2 Å². The molecule has 0 aromatic heterocycles. The molecule has 1 fully saturated rings. The molecule has 2 aromatic carbocycles. The van der Waals surface area contributed by atoms with E-state index in [2.05, 4.69) is 15.5 Å². The lowest BCUT2D eigenvalue weighted by Crippen LogP contribution is -2.29. The summed E-state index contributed by atoms with van der Waals surface area (Å²) in [7, 11) is 1.48. The van der Waals surface area contributed by atoms with Gasteiger partial charge in [0, 0.05) is 44.1 Å². The van der Waals surface area contributed by atoms with Crippen LogP contribution in [0.1, 0.15) is 31.7 Å². The number of rotatable bonds is 5. The van der Waals surface area contributed by atoms with E-state index in [4.69, 9.17) is 0 Å². The molecule has 0 radical (unpaired) electrons. The monoisotopic (exact) mass is 418 g/mol. The number of carbonyl (C=O) groups is 3. The zero-order valence-electron chi connectivity index (χ0n) is 17.8. The first-order chi connectivity index (χ1) is 14.9. The van der Waals surface area contributed by atoms with E-state index in [0.717, 1.165) is 23.7 Å². The summed E-state index contributed by atoms with van der Waals surface area (Å²) in [6.07, 6.45) is 3.70. The van der Waals surface area contributed by atoms with Gasteiger partial charge in [-0.1, -0.05) is 12.1 Å². The lowest BCUT2D eigenvalue weighted by atomic mass is 10.0. The maximum atomic E-state index is 12.8. The molecule has 31 heavy (non-hydrogen) atoms. The fourth-order valence-corrected chi connectivity index (χ4v) is 4.00. The van der Waals surface area contributed by atoms with Gasteiger partial charge in [0.05, 0.1) is 5.57 Å². The van der Waals surface area contributed by atoms with Gasteiger partial charge in [-0.15, -0.1) is 0 Å². The second kappa shape index (κ2) is 8.63. The summed E-state index contributed by atoms with van der Waals surface area (Å²) in [5.74, 6) is -0.898. The van der Waals surface area contributed by atoms with Gasteiger partial charge in [-0.3, -0.25) is 19.3 Å². The highest BCUT2D eigenvalue weighted by atomic mass is 16.2. The van der Waals surface area contributed by atoms with Crippen molar-refractivity contribution in [2.45, 2.75) is 26.2 Å². The number of amides is 3. The van der Waals surface area contributed by atoms with Gasteiger partial charge in [0.1, 0.15) is 5.70 Å². The Kier molecular flexibility index (Phi) is 5.75. The van der Waals surface area contributed by atoms with E-state index >= 15 is 0 Å². The predicted octanol–water partition coefficient (Wildman–Crippen LogP) is 3.46. The standard InChI is InChI=1S/C24H26N4O3/c1-16(29)25-18-8-6-17(7-9-18)21-22(24(31)27(2)23(21)30)26-19-10-12-20(13-11-19)28-14-4-3-5-15-28/h6-13,26H,3-5,14-15H2,1-2H3,(H,25,29). The SMILES string of the molecule is CC(=O)Nc1ccc(C2=C(Nc3ccc(N4CCCCC4)cc3)C(=O)N(C)C2=O)cc1. The van der Waals surface area contributed by atoms with E-state index in [9.17, 15) is 14.4 Å². The number of benzene rings is 2. The third kappa shape index (κ3) is 4.30. The fraction of sp³-hybridized carbons (Fsp3) is 0.292. The van der Waals surface area contributed by atoms with Crippen LogP contribution < -0.4 is 15.5 Å². The Balaban J connectivity index is 1.60. The van der Waals surface area contributed by atoms with Crippen LogP contribution in [-0.4, -0.2) is 42.8 Å². The Hall–Kier alpha value is -3.61. The van der Waals surface area contributed by atoms with Gasteiger partial charge in [0.15, 0.2) is 0 Å². The summed E-state index contributed by atoms with van der Waals surface area (Å²) in [6.45, 7) is 3.56. The van der Waals surface area contributed by atoms with Gasteiger partial charge in [-0.25, -0.2) is 0 Å². The molecule has 7 heteroatoms. The van der Waals surface area contributed by atoms with Crippen LogP contribution in [-0.2, 0) is 14.4 Å². The number of nitrogens with one attached hydrogen (secondary N) is 2. The van der Waals surface area contributed by atoms with Crippen molar-refractivity contribution < 1.29 is 14.4 Å². The molecule has 0 aliphatic carbocycles. The Labute approximate surface area is 181 Å². The summed E-state index contributed by atoms with van der Waals surface area (Å²) in [5, 5.41) is 5.85. The average molecular weight is 418 g/mol. The third-order valence-electron chi connectivity index (χ3n) is 5.64. The van der Waals surface area contributed by atoms with Crippen LogP contribution in [0.4, 0.5) is 17.1 Å². The number of hydrogen-bond donors (Lipinski definition) is 2. The Bertz CT molecular complexity index is 1040. The molecule has 2 N–H and O–H groups in total. The van der Waals surface area contributed by atoms with Crippen molar-refractivity contribution in [1.29, 1.82) is 0 Å². The summed E-state index contributed by atoms with van der Waals surface area (Å²) < 4.78 is 0. The lowest BCUT2D eigenvalue weighted by molar-refractivity contribution is -0.135. The molecule has 0 saturated carbocycles. The molecule has 4 rings (SSSR count). The number of piperidine rings is 1. The molecular formula is C24H26N4O3. The van der Waals surface area contributed by atoms with Gasteiger partial charge >= 0.3 is 0 Å². The minimum absolute atomic E-state index is 0.172. The first-order valence-corrected chi connectivity index (χ1v) is 10.5.